The molecule has 0 spiro atoms. The van der Waals surface area contributed by atoms with Crippen molar-refractivity contribution in [1.29, 1.82) is 0 Å². The largest absolute Gasteiger partial charge is 0.481 e. The van der Waals surface area contributed by atoms with Crippen LogP contribution in [0.5, 0.6) is 5.88 Å². The minimum Gasteiger partial charge on any atom is -0.481 e. The van der Waals surface area contributed by atoms with Crippen LogP contribution < -0.4 is 10.1 Å². The van der Waals surface area contributed by atoms with Crippen molar-refractivity contribution in [3.63, 3.8) is 0 Å². The average molecular weight is 229 g/mol. The lowest BCUT2D eigenvalue weighted by Gasteiger charge is -2.14. The molecule has 84 valence electrons. The molecule has 1 unspecified atom stereocenters. The van der Waals surface area contributed by atoms with Gasteiger partial charge in [0.2, 0.25) is 5.88 Å². The molecule has 0 bridgehead atoms. The first-order valence-electron chi connectivity index (χ1n) is 5.09. The highest BCUT2D eigenvalue weighted by Crippen LogP contribution is 2.13. The number of halogens is 1. The van der Waals surface area contributed by atoms with E-state index in [2.05, 4.69) is 17.2 Å². The van der Waals surface area contributed by atoms with Crippen LogP contribution in [0.25, 0.3) is 0 Å². The second kappa shape index (κ2) is 6.64. The third-order valence-electron chi connectivity index (χ3n) is 2.30. The van der Waals surface area contributed by atoms with Gasteiger partial charge in [0.05, 0.1) is 7.11 Å². The van der Waals surface area contributed by atoms with Gasteiger partial charge < -0.3 is 10.1 Å². The molecule has 0 aliphatic carbocycles. The third-order valence-corrected chi connectivity index (χ3v) is 2.68. The van der Waals surface area contributed by atoms with E-state index < -0.39 is 0 Å². The third kappa shape index (κ3) is 3.68. The van der Waals surface area contributed by atoms with Crippen LogP contribution in [0.4, 0.5) is 0 Å². The molecule has 1 N–H and O–H groups in total. The molecule has 15 heavy (non-hydrogen) atoms. The molecule has 0 amide bonds. The zero-order valence-corrected chi connectivity index (χ0v) is 9.92. The molecular formula is C11H17ClN2O. The number of hydrogen-bond acceptors (Lipinski definition) is 3. The number of ether oxygens (including phenoxy) is 1. The Balaban J connectivity index is 2.56. The Hall–Kier alpha value is -0.800. The van der Waals surface area contributed by atoms with Crippen LogP contribution in [0.3, 0.4) is 0 Å². The smallest absolute Gasteiger partial charge is 0.217 e. The maximum Gasteiger partial charge on any atom is 0.217 e. The average Bonchev–Trinajstić information content (AvgIpc) is 2.31. The first-order valence-corrected chi connectivity index (χ1v) is 5.62. The lowest BCUT2D eigenvalue weighted by Crippen LogP contribution is -2.29. The summed E-state index contributed by atoms with van der Waals surface area (Å²) in [6.45, 7) is 2.85. The summed E-state index contributed by atoms with van der Waals surface area (Å²) in [7, 11) is 1.63. The van der Waals surface area contributed by atoms with Crippen molar-refractivity contribution in [3.8, 4) is 5.88 Å². The van der Waals surface area contributed by atoms with E-state index in [1.54, 1.807) is 13.3 Å². The number of nitrogens with one attached hydrogen (secondary N) is 1. The number of pyridine rings is 1. The molecule has 0 aromatic carbocycles. The Morgan fingerprint density at radius 3 is 3.00 bits per heavy atom. The number of alkyl halides is 1. The summed E-state index contributed by atoms with van der Waals surface area (Å²) in [5.41, 5.74) is 1.06. The minimum atomic E-state index is 0.344. The zero-order valence-electron chi connectivity index (χ0n) is 9.16. The van der Waals surface area contributed by atoms with E-state index in [-0.39, 0.29) is 0 Å². The van der Waals surface area contributed by atoms with Crippen molar-refractivity contribution in [1.82, 2.24) is 10.3 Å². The first kappa shape index (κ1) is 12.3. The van der Waals surface area contributed by atoms with Crippen molar-refractivity contribution in [2.75, 3.05) is 13.0 Å². The van der Waals surface area contributed by atoms with E-state index in [0.29, 0.717) is 17.8 Å². The molecule has 4 heteroatoms. The predicted molar refractivity (Wildman–Crippen MR) is 62.4 cm³/mol. The normalized spacial score (nSPS) is 12.5. The Kier molecular flexibility index (Phi) is 5.43. The van der Waals surface area contributed by atoms with Crippen molar-refractivity contribution in [2.24, 2.45) is 0 Å². The van der Waals surface area contributed by atoms with Crippen LogP contribution in [-0.2, 0) is 6.54 Å². The van der Waals surface area contributed by atoms with Crippen molar-refractivity contribution < 1.29 is 4.74 Å². The highest BCUT2D eigenvalue weighted by atomic mass is 35.5. The topological polar surface area (TPSA) is 34.2 Å². The van der Waals surface area contributed by atoms with Gasteiger partial charge in [-0.25, -0.2) is 4.98 Å². The Morgan fingerprint density at radius 1 is 1.60 bits per heavy atom. The van der Waals surface area contributed by atoms with Crippen LogP contribution in [-0.4, -0.2) is 24.0 Å². The molecule has 0 aliphatic heterocycles. The standard InChI is InChI=1S/C11H17ClN2O/c1-3-10(7-12)14-8-9-5-4-6-13-11(9)15-2/h4-6,10,14H,3,7-8H2,1-2H3. The monoisotopic (exact) mass is 228 g/mol. The molecule has 0 radical (unpaired) electrons. The highest BCUT2D eigenvalue weighted by molar-refractivity contribution is 6.18. The van der Waals surface area contributed by atoms with Gasteiger partial charge in [-0.05, 0) is 12.5 Å². The summed E-state index contributed by atoms with van der Waals surface area (Å²) in [4.78, 5) is 4.13. The maximum atomic E-state index is 5.80. The fraction of sp³-hybridized carbons (Fsp3) is 0.545. The summed E-state index contributed by atoms with van der Waals surface area (Å²) < 4.78 is 5.16. The fourth-order valence-electron chi connectivity index (χ4n) is 1.30. The Morgan fingerprint density at radius 2 is 2.40 bits per heavy atom. The van der Waals surface area contributed by atoms with Gasteiger partial charge in [0.1, 0.15) is 0 Å². The van der Waals surface area contributed by atoms with Gasteiger partial charge in [0.25, 0.3) is 0 Å². The number of methoxy groups -OCH3 is 1. The van der Waals surface area contributed by atoms with E-state index in [9.17, 15) is 0 Å². The summed E-state index contributed by atoms with van der Waals surface area (Å²) in [5, 5.41) is 3.36. The Bertz CT molecular complexity index is 290. The van der Waals surface area contributed by atoms with Crippen molar-refractivity contribution in [3.05, 3.63) is 23.9 Å². The number of rotatable bonds is 6. The lowest BCUT2D eigenvalue weighted by atomic mass is 10.2. The first-order chi connectivity index (χ1) is 7.31. The minimum absolute atomic E-state index is 0.344. The molecule has 1 aromatic rings. The van der Waals surface area contributed by atoms with Gasteiger partial charge in [-0.3, -0.25) is 0 Å². The SMILES string of the molecule is CCC(CCl)NCc1cccnc1OC. The molecule has 0 fully saturated rings. The van der Waals surface area contributed by atoms with Gasteiger partial charge in [0, 0.05) is 30.2 Å². The summed E-state index contributed by atoms with van der Waals surface area (Å²) in [6, 6.07) is 4.25. The number of hydrogen-bond donors (Lipinski definition) is 1. The molecule has 1 atom stereocenters. The van der Waals surface area contributed by atoms with Gasteiger partial charge in [0.15, 0.2) is 0 Å². The zero-order chi connectivity index (χ0) is 11.1. The van der Waals surface area contributed by atoms with E-state index in [1.807, 2.05) is 12.1 Å². The highest BCUT2D eigenvalue weighted by Gasteiger charge is 2.06. The molecule has 0 aliphatic rings. The van der Waals surface area contributed by atoms with E-state index in [0.717, 1.165) is 18.5 Å². The maximum absolute atomic E-state index is 5.80. The number of nitrogens with zero attached hydrogens (tertiary/aromatic N) is 1. The number of aromatic nitrogens is 1. The molecule has 1 aromatic heterocycles. The van der Waals surface area contributed by atoms with E-state index in [4.69, 9.17) is 16.3 Å². The molecular weight excluding hydrogens is 212 g/mol. The van der Waals surface area contributed by atoms with Crippen LogP contribution in [0.2, 0.25) is 0 Å². The fourth-order valence-corrected chi connectivity index (χ4v) is 1.63. The van der Waals surface area contributed by atoms with E-state index >= 15 is 0 Å². The van der Waals surface area contributed by atoms with Crippen LogP contribution in [0.1, 0.15) is 18.9 Å². The lowest BCUT2D eigenvalue weighted by molar-refractivity contribution is 0.388. The van der Waals surface area contributed by atoms with Crippen molar-refractivity contribution >= 4 is 11.6 Å². The second-order valence-corrected chi connectivity index (χ2v) is 3.62. The summed E-state index contributed by atoms with van der Waals surface area (Å²) in [5.74, 6) is 1.30. The quantitative estimate of drug-likeness (QED) is 0.758. The van der Waals surface area contributed by atoms with Crippen LogP contribution in [0, 0.1) is 0 Å². The Labute approximate surface area is 95.8 Å². The summed E-state index contributed by atoms with van der Waals surface area (Å²) >= 11 is 5.80. The molecule has 1 heterocycles. The van der Waals surface area contributed by atoms with Gasteiger partial charge in [-0.15, -0.1) is 11.6 Å². The van der Waals surface area contributed by atoms with Gasteiger partial charge >= 0.3 is 0 Å². The van der Waals surface area contributed by atoms with Gasteiger partial charge in [-0.1, -0.05) is 13.0 Å². The molecule has 0 saturated heterocycles. The van der Waals surface area contributed by atoms with Crippen LogP contribution in [0.15, 0.2) is 18.3 Å². The second-order valence-electron chi connectivity index (χ2n) is 3.31. The van der Waals surface area contributed by atoms with Crippen molar-refractivity contribution in [2.45, 2.75) is 25.9 Å². The molecule has 3 nitrogen and oxygen atoms in total. The van der Waals surface area contributed by atoms with Crippen LogP contribution >= 0.6 is 11.6 Å². The molecule has 0 saturated carbocycles. The molecule has 1 rings (SSSR count). The summed E-state index contributed by atoms with van der Waals surface area (Å²) in [6.07, 6.45) is 2.74. The van der Waals surface area contributed by atoms with E-state index in [1.165, 1.54) is 0 Å². The van der Waals surface area contributed by atoms with Gasteiger partial charge in [-0.2, -0.15) is 0 Å². The predicted octanol–water partition coefficient (Wildman–Crippen LogP) is 2.20.